The van der Waals surface area contributed by atoms with Crippen molar-refractivity contribution in [3.8, 4) is 5.75 Å². The molecular weight excluding hydrogens is 442 g/mol. The summed E-state index contributed by atoms with van der Waals surface area (Å²) in [5.41, 5.74) is 9.05. The number of carbonyl (C=O) groups excluding carboxylic acids is 3. The fourth-order valence-corrected chi connectivity index (χ4v) is 4.81. The summed E-state index contributed by atoms with van der Waals surface area (Å²) in [6, 6.07) is 21.6. The Hall–Kier alpha value is -4.13. The molecular formula is C28H29N3O4. The summed E-state index contributed by atoms with van der Waals surface area (Å²) in [6.07, 6.45) is 0.653. The number of nitrogens with two attached hydrogens (primary N) is 1. The summed E-state index contributed by atoms with van der Waals surface area (Å²) in [4.78, 5) is 41.5. The van der Waals surface area contributed by atoms with Gasteiger partial charge in [0.25, 0.3) is 5.91 Å². The summed E-state index contributed by atoms with van der Waals surface area (Å²) in [6.45, 7) is 3.52. The zero-order chi connectivity index (χ0) is 25.1. The Balaban J connectivity index is 1.74. The average Bonchev–Trinajstić information content (AvgIpc) is 2.83. The van der Waals surface area contributed by atoms with E-state index in [1.807, 2.05) is 55.5 Å². The van der Waals surface area contributed by atoms with Gasteiger partial charge in [0.05, 0.1) is 19.6 Å². The van der Waals surface area contributed by atoms with E-state index in [2.05, 4.69) is 0 Å². The average molecular weight is 472 g/mol. The molecule has 180 valence electrons. The Kier molecular flexibility index (Phi) is 6.87. The maximum absolute atomic E-state index is 13.6. The first-order valence-electron chi connectivity index (χ1n) is 11.5. The van der Waals surface area contributed by atoms with Crippen molar-refractivity contribution in [2.45, 2.75) is 38.8 Å². The molecule has 3 amide bonds. The maximum Gasteiger partial charge on any atom is 0.258 e. The third-order valence-electron chi connectivity index (χ3n) is 6.33. The van der Waals surface area contributed by atoms with Crippen molar-refractivity contribution in [2.75, 3.05) is 16.9 Å². The second kappa shape index (κ2) is 10.0. The Morgan fingerprint density at radius 3 is 2.40 bits per heavy atom. The third-order valence-corrected chi connectivity index (χ3v) is 6.33. The van der Waals surface area contributed by atoms with E-state index in [-0.39, 0.29) is 30.3 Å². The van der Waals surface area contributed by atoms with Gasteiger partial charge in [-0.2, -0.15) is 0 Å². The molecule has 0 saturated carbocycles. The van der Waals surface area contributed by atoms with E-state index in [4.69, 9.17) is 10.5 Å². The van der Waals surface area contributed by atoms with Gasteiger partial charge in [-0.3, -0.25) is 14.4 Å². The number of hydrogen-bond donors (Lipinski definition) is 1. The molecule has 0 unspecified atom stereocenters. The Bertz CT molecular complexity index is 1260. The number of para-hydroxylation sites is 1. The number of amides is 3. The fraction of sp³-hybridized carbons (Fsp3) is 0.250. The summed E-state index contributed by atoms with van der Waals surface area (Å²) in [5.74, 6) is 0.0252. The van der Waals surface area contributed by atoms with Crippen LogP contribution in [-0.2, 0) is 16.0 Å². The Morgan fingerprint density at radius 2 is 1.74 bits per heavy atom. The number of anilines is 2. The number of fused-ring (bicyclic) bond motifs is 1. The van der Waals surface area contributed by atoms with Crippen LogP contribution >= 0.6 is 0 Å². The number of benzene rings is 3. The number of nitrogens with zero attached hydrogens (tertiary/aromatic N) is 2. The van der Waals surface area contributed by atoms with Crippen molar-refractivity contribution in [1.82, 2.24) is 0 Å². The SMILES string of the molecule is COc1ccc(C(=O)N2c3ccccc3[C@H](N(C(C)=O)c3cccc(CC(N)=O)c3)C[C@@H]2C)cc1. The van der Waals surface area contributed by atoms with E-state index >= 15 is 0 Å². The number of rotatable bonds is 6. The molecule has 0 fully saturated rings. The van der Waals surface area contributed by atoms with Crippen LogP contribution < -0.4 is 20.3 Å². The maximum atomic E-state index is 13.6. The van der Waals surface area contributed by atoms with Gasteiger partial charge in [0.1, 0.15) is 5.75 Å². The van der Waals surface area contributed by atoms with Gasteiger partial charge in [-0.1, -0.05) is 30.3 Å². The zero-order valence-corrected chi connectivity index (χ0v) is 20.1. The second-order valence-electron chi connectivity index (χ2n) is 8.77. The minimum Gasteiger partial charge on any atom is -0.497 e. The molecule has 7 nitrogen and oxygen atoms in total. The molecule has 7 heteroatoms. The molecule has 1 aliphatic heterocycles. The first-order valence-corrected chi connectivity index (χ1v) is 11.5. The van der Waals surface area contributed by atoms with Crippen LogP contribution in [0.1, 0.15) is 47.8 Å². The van der Waals surface area contributed by atoms with Crippen LogP contribution in [0.25, 0.3) is 0 Å². The molecule has 0 aromatic heterocycles. The lowest BCUT2D eigenvalue weighted by atomic mass is 9.89. The van der Waals surface area contributed by atoms with Gasteiger partial charge in [0, 0.05) is 29.9 Å². The summed E-state index contributed by atoms with van der Waals surface area (Å²) in [5, 5.41) is 0. The summed E-state index contributed by atoms with van der Waals surface area (Å²) in [7, 11) is 1.59. The van der Waals surface area contributed by atoms with Crippen molar-refractivity contribution in [1.29, 1.82) is 0 Å². The van der Waals surface area contributed by atoms with Crippen molar-refractivity contribution in [3.63, 3.8) is 0 Å². The molecule has 1 heterocycles. The van der Waals surface area contributed by atoms with Crippen LogP contribution in [0.3, 0.4) is 0 Å². The van der Waals surface area contributed by atoms with Crippen LogP contribution in [0.4, 0.5) is 11.4 Å². The monoisotopic (exact) mass is 471 g/mol. The zero-order valence-electron chi connectivity index (χ0n) is 20.1. The standard InChI is InChI=1S/C28H29N3O4/c1-18-15-26(31(19(2)32)22-8-6-7-20(16-22)17-27(29)33)24-9-4-5-10-25(24)30(18)28(34)21-11-13-23(35-3)14-12-21/h4-14,16,18,26H,15,17H2,1-3H3,(H2,29,33)/t18-,26+/m0/s1. The Labute approximate surface area is 205 Å². The van der Waals surface area contributed by atoms with Crippen molar-refractivity contribution in [3.05, 3.63) is 89.5 Å². The van der Waals surface area contributed by atoms with E-state index < -0.39 is 5.91 Å². The number of carbonyl (C=O) groups is 3. The lowest BCUT2D eigenvalue weighted by molar-refractivity contribution is -0.118. The molecule has 2 N–H and O–H groups in total. The molecule has 0 spiro atoms. The summed E-state index contributed by atoms with van der Waals surface area (Å²) < 4.78 is 5.22. The molecule has 0 bridgehead atoms. The smallest absolute Gasteiger partial charge is 0.258 e. The van der Waals surface area contributed by atoms with Crippen LogP contribution in [0.15, 0.2) is 72.8 Å². The normalized spacial score (nSPS) is 16.8. The molecule has 4 rings (SSSR count). The van der Waals surface area contributed by atoms with E-state index in [9.17, 15) is 14.4 Å². The number of hydrogen-bond acceptors (Lipinski definition) is 4. The topological polar surface area (TPSA) is 92.9 Å². The number of ether oxygens (including phenoxy) is 1. The van der Waals surface area contributed by atoms with Crippen molar-refractivity contribution in [2.24, 2.45) is 5.73 Å². The van der Waals surface area contributed by atoms with Gasteiger partial charge in [0.2, 0.25) is 11.8 Å². The van der Waals surface area contributed by atoms with Gasteiger partial charge in [0.15, 0.2) is 0 Å². The van der Waals surface area contributed by atoms with Gasteiger partial charge in [-0.15, -0.1) is 0 Å². The minimum absolute atomic E-state index is 0.0986. The third kappa shape index (κ3) is 4.89. The highest BCUT2D eigenvalue weighted by Gasteiger charge is 2.38. The van der Waals surface area contributed by atoms with Gasteiger partial charge >= 0.3 is 0 Å². The molecule has 0 radical (unpaired) electrons. The molecule has 0 aliphatic carbocycles. The molecule has 2 atom stereocenters. The highest BCUT2D eigenvalue weighted by Crippen LogP contribution is 2.42. The highest BCUT2D eigenvalue weighted by atomic mass is 16.5. The van der Waals surface area contributed by atoms with Crippen molar-refractivity contribution < 1.29 is 19.1 Å². The number of primary amides is 1. The molecule has 0 saturated heterocycles. The predicted molar refractivity (Wildman–Crippen MR) is 136 cm³/mol. The van der Waals surface area contributed by atoms with Crippen LogP contribution in [0.5, 0.6) is 5.75 Å². The van der Waals surface area contributed by atoms with Gasteiger partial charge in [-0.05, 0) is 66.9 Å². The molecule has 3 aromatic rings. The number of methoxy groups -OCH3 is 1. The predicted octanol–water partition coefficient (Wildman–Crippen LogP) is 4.26. The van der Waals surface area contributed by atoms with Crippen LogP contribution in [-0.4, -0.2) is 30.9 Å². The van der Waals surface area contributed by atoms with E-state index in [1.165, 1.54) is 6.92 Å². The highest BCUT2D eigenvalue weighted by molar-refractivity contribution is 6.07. The molecule has 3 aromatic carbocycles. The first kappa shape index (κ1) is 24.0. The lowest BCUT2D eigenvalue weighted by Crippen LogP contribution is -2.47. The van der Waals surface area contributed by atoms with E-state index in [1.54, 1.807) is 41.2 Å². The van der Waals surface area contributed by atoms with Crippen LogP contribution in [0, 0.1) is 0 Å². The van der Waals surface area contributed by atoms with Gasteiger partial charge in [-0.25, -0.2) is 0 Å². The largest absolute Gasteiger partial charge is 0.497 e. The first-order chi connectivity index (χ1) is 16.8. The molecule has 1 aliphatic rings. The Morgan fingerprint density at radius 1 is 1.03 bits per heavy atom. The quantitative estimate of drug-likeness (QED) is 0.582. The summed E-state index contributed by atoms with van der Waals surface area (Å²) >= 11 is 0. The van der Waals surface area contributed by atoms with E-state index in [0.717, 1.165) is 16.8 Å². The van der Waals surface area contributed by atoms with E-state index in [0.29, 0.717) is 23.4 Å². The van der Waals surface area contributed by atoms with Crippen molar-refractivity contribution >= 4 is 29.1 Å². The minimum atomic E-state index is -0.430. The van der Waals surface area contributed by atoms with Crippen LogP contribution in [0.2, 0.25) is 0 Å². The van der Waals surface area contributed by atoms with Gasteiger partial charge < -0.3 is 20.3 Å². The fourth-order valence-electron chi connectivity index (χ4n) is 4.81. The molecule has 35 heavy (non-hydrogen) atoms. The second-order valence-corrected chi connectivity index (χ2v) is 8.77. The lowest BCUT2D eigenvalue weighted by Gasteiger charge is -2.43.